The summed E-state index contributed by atoms with van der Waals surface area (Å²) in [5.74, 6) is 1.80. The van der Waals surface area contributed by atoms with Gasteiger partial charge in [-0.15, -0.1) is 0 Å². The first-order chi connectivity index (χ1) is 15.2. The molecule has 2 saturated heterocycles. The van der Waals surface area contributed by atoms with Crippen molar-refractivity contribution in [2.24, 2.45) is 10.9 Å². The highest BCUT2D eigenvalue weighted by Crippen LogP contribution is 2.32. The molecule has 7 heteroatoms. The van der Waals surface area contributed by atoms with Gasteiger partial charge in [0.1, 0.15) is 5.75 Å². The number of carbonyl (C=O) groups excluding carboxylic acids is 1. The average molecular weight is 431 g/mol. The molecule has 0 amide bonds. The van der Waals surface area contributed by atoms with E-state index < -0.39 is 0 Å². The Balaban J connectivity index is 1.73. The summed E-state index contributed by atoms with van der Waals surface area (Å²) in [5.41, 5.74) is 1.20. The predicted molar refractivity (Wildman–Crippen MR) is 123 cm³/mol. The van der Waals surface area contributed by atoms with Crippen molar-refractivity contribution < 1.29 is 14.3 Å². The van der Waals surface area contributed by atoms with Crippen LogP contribution in [-0.2, 0) is 9.53 Å². The highest BCUT2D eigenvalue weighted by Gasteiger charge is 2.29. The first-order valence-electron chi connectivity index (χ1n) is 11.7. The van der Waals surface area contributed by atoms with Crippen molar-refractivity contribution in [1.29, 1.82) is 0 Å². The maximum Gasteiger partial charge on any atom is 0.309 e. The van der Waals surface area contributed by atoms with Gasteiger partial charge in [-0.2, -0.15) is 0 Å². The maximum absolute atomic E-state index is 12.1. The second-order valence-electron chi connectivity index (χ2n) is 8.21. The van der Waals surface area contributed by atoms with Gasteiger partial charge in [0.15, 0.2) is 5.96 Å². The van der Waals surface area contributed by atoms with Crippen molar-refractivity contribution in [1.82, 2.24) is 15.1 Å². The Kier molecular flexibility index (Phi) is 9.00. The fourth-order valence-corrected chi connectivity index (χ4v) is 4.59. The van der Waals surface area contributed by atoms with Crippen LogP contribution in [0.3, 0.4) is 0 Å². The number of piperidine rings is 1. The zero-order valence-corrected chi connectivity index (χ0v) is 19.3. The van der Waals surface area contributed by atoms with E-state index in [1.807, 2.05) is 19.1 Å². The lowest BCUT2D eigenvalue weighted by Crippen LogP contribution is -2.47. The molecule has 1 aromatic rings. The van der Waals surface area contributed by atoms with E-state index in [2.05, 4.69) is 34.2 Å². The number of hydrogen-bond acceptors (Lipinski definition) is 5. The molecule has 0 aliphatic carbocycles. The van der Waals surface area contributed by atoms with Crippen LogP contribution in [-0.4, -0.2) is 74.7 Å². The van der Waals surface area contributed by atoms with Gasteiger partial charge in [-0.25, -0.2) is 0 Å². The summed E-state index contributed by atoms with van der Waals surface area (Å²) < 4.78 is 10.9. The molecule has 7 nitrogen and oxygen atoms in total. The van der Waals surface area contributed by atoms with Gasteiger partial charge < -0.3 is 19.7 Å². The van der Waals surface area contributed by atoms with E-state index in [9.17, 15) is 4.79 Å². The summed E-state index contributed by atoms with van der Waals surface area (Å²) in [6.45, 7) is 9.74. The van der Waals surface area contributed by atoms with Crippen LogP contribution in [0.15, 0.2) is 29.3 Å². The summed E-state index contributed by atoms with van der Waals surface area (Å²) in [6.07, 6.45) is 4.09. The lowest BCUT2D eigenvalue weighted by Gasteiger charge is -2.34. The Labute approximate surface area is 186 Å². The second-order valence-corrected chi connectivity index (χ2v) is 8.21. The Morgan fingerprint density at radius 1 is 1.16 bits per heavy atom. The molecule has 0 saturated carbocycles. The largest absolute Gasteiger partial charge is 0.496 e. The summed E-state index contributed by atoms with van der Waals surface area (Å²) in [4.78, 5) is 21.9. The molecule has 2 fully saturated rings. The first kappa shape index (κ1) is 23.4. The number of nitrogens with zero attached hydrogens (tertiary/aromatic N) is 3. The van der Waals surface area contributed by atoms with Crippen molar-refractivity contribution >= 4 is 11.9 Å². The minimum atomic E-state index is -0.0608. The predicted octanol–water partition coefficient (Wildman–Crippen LogP) is 3.07. The zero-order chi connectivity index (χ0) is 22.1. The normalized spacial score (nSPS) is 19.3. The molecule has 1 atom stereocenters. The molecular formula is C24H38N4O3. The van der Waals surface area contributed by atoms with Gasteiger partial charge in [-0.1, -0.05) is 18.2 Å². The standard InChI is InChI=1S/C24H38N4O3/c1-4-25-24(28-16-12-19(13-17-28)23(29)31-5-2)26-18-21(27-14-8-9-15-27)20-10-6-7-11-22(20)30-3/h6-7,10-11,19,21H,4-5,8-9,12-18H2,1-3H3,(H,25,26). The summed E-state index contributed by atoms with van der Waals surface area (Å²) in [6, 6.07) is 8.49. The molecule has 1 aromatic carbocycles. The smallest absolute Gasteiger partial charge is 0.309 e. The lowest BCUT2D eigenvalue weighted by atomic mass is 9.97. The quantitative estimate of drug-likeness (QED) is 0.388. The molecule has 31 heavy (non-hydrogen) atoms. The van der Waals surface area contributed by atoms with Crippen LogP contribution in [0.25, 0.3) is 0 Å². The number of aliphatic imine (C=N–C) groups is 1. The Morgan fingerprint density at radius 3 is 2.52 bits per heavy atom. The van der Waals surface area contributed by atoms with Crippen LogP contribution in [0.4, 0.5) is 0 Å². The average Bonchev–Trinajstić information content (AvgIpc) is 3.34. The molecule has 172 valence electrons. The van der Waals surface area contributed by atoms with E-state index in [0.29, 0.717) is 13.2 Å². The third-order valence-electron chi connectivity index (χ3n) is 6.24. The molecule has 2 heterocycles. The number of guanidine groups is 1. The first-order valence-corrected chi connectivity index (χ1v) is 11.7. The summed E-state index contributed by atoms with van der Waals surface area (Å²) in [7, 11) is 1.74. The molecule has 2 aliphatic rings. The topological polar surface area (TPSA) is 66.4 Å². The minimum Gasteiger partial charge on any atom is -0.496 e. The number of nitrogens with one attached hydrogen (secondary N) is 1. The molecule has 1 unspecified atom stereocenters. The van der Waals surface area contributed by atoms with Gasteiger partial charge in [0.25, 0.3) is 0 Å². The van der Waals surface area contributed by atoms with E-state index in [0.717, 1.165) is 57.3 Å². The number of likely N-dealkylation sites (tertiary alicyclic amines) is 2. The van der Waals surface area contributed by atoms with E-state index in [1.54, 1.807) is 7.11 Å². The fraction of sp³-hybridized carbons (Fsp3) is 0.667. The van der Waals surface area contributed by atoms with Crippen molar-refractivity contribution in [3.8, 4) is 5.75 Å². The molecule has 2 aliphatic heterocycles. The third kappa shape index (κ3) is 6.12. The molecule has 0 radical (unpaired) electrons. The zero-order valence-electron chi connectivity index (χ0n) is 19.3. The van der Waals surface area contributed by atoms with E-state index >= 15 is 0 Å². The number of rotatable bonds is 8. The second kappa shape index (κ2) is 11.9. The molecule has 1 N–H and O–H groups in total. The van der Waals surface area contributed by atoms with Crippen molar-refractivity contribution in [3.05, 3.63) is 29.8 Å². The van der Waals surface area contributed by atoms with Crippen LogP contribution in [0.5, 0.6) is 5.75 Å². The summed E-state index contributed by atoms with van der Waals surface area (Å²) >= 11 is 0. The SMILES string of the molecule is CCNC(=NCC(c1ccccc1OC)N1CCCC1)N1CCC(C(=O)OCC)CC1. The number of ether oxygens (including phenoxy) is 2. The van der Waals surface area contributed by atoms with Crippen LogP contribution in [0.2, 0.25) is 0 Å². The number of esters is 1. The molecule has 0 aromatic heterocycles. The Hall–Kier alpha value is -2.28. The van der Waals surface area contributed by atoms with E-state index in [1.165, 1.54) is 18.4 Å². The van der Waals surface area contributed by atoms with Gasteiger partial charge in [0, 0.05) is 25.2 Å². The lowest BCUT2D eigenvalue weighted by molar-refractivity contribution is -0.149. The summed E-state index contributed by atoms with van der Waals surface area (Å²) in [5, 5.41) is 3.46. The van der Waals surface area contributed by atoms with Gasteiger partial charge >= 0.3 is 5.97 Å². The van der Waals surface area contributed by atoms with Gasteiger partial charge in [0.2, 0.25) is 0 Å². The number of para-hydroxylation sites is 1. The minimum absolute atomic E-state index is 0.00463. The molecule has 3 rings (SSSR count). The molecular weight excluding hydrogens is 392 g/mol. The van der Waals surface area contributed by atoms with Crippen molar-refractivity contribution in [3.63, 3.8) is 0 Å². The van der Waals surface area contributed by atoms with E-state index in [4.69, 9.17) is 14.5 Å². The van der Waals surface area contributed by atoms with Crippen LogP contribution in [0.1, 0.15) is 51.1 Å². The fourth-order valence-electron chi connectivity index (χ4n) is 4.59. The Morgan fingerprint density at radius 2 is 1.87 bits per heavy atom. The number of methoxy groups -OCH3 is 1. The van der Waals surface area contributed by atoms with Crippen LogP contribution in [0, 0.1) is 5.92 Å². The third-order valence-corrected chi connectivity index (χ3v) is 6.24. The van der Waals surface area contributed by atoms with Crippen molar-refractivity contribution in [2.45, 2.75) is 45.6 Å². The maximum atomic E-state index is 12.1. The van der Waals surface area contributed by atoms with Gasteiger partial charge in [-0.3, -0.25) is 14.7 Å². The highest BCUT2D eigenvalue weighted by molar-refractivity contribution is 5.80. The van der Waals surface area contributed by atoms with E-state index in [-0.39, 0.29) is 17.9 Å². The molecule has 0 bridgehead atoms. The van der Waals surface area contributed by atoms with Gasteiger partial charge in [0.05, 0.1) is 32.2 Å². The molecule has 0 spiro atoms. The Bertz CT molecular complexity index is 725. The number of hydrogen-bond donors (Lipinski definition) is 1. The monoisotopic (exact) mass is 430 g/mol. The van der Waals surface area contributed by atoms with Gasteiger partial charge in [-0.05, 0) is 58.7 Å². The number of benzene rings is 1. The van der Waals surface area contributed by atoms with Crippen LogP contribution < -0.4 is 10.1 Å². The van der Waals surface area contributed by atoms with Crippen molar-refractivity contribution in [2.75, 3.05) is 53.0 Å². The van der Waals surface area contributed by atoms with Crippen LogP contribution >= 0.6 is 0 Å². The number of carbonyl (C=O) groups is 1. The highest BCUT2D eigenvalue weighted by atomic mass is 16.5.